The predicted molar refractivity (Wildman–Crippen MR) is 96.6 cm³/mol. The molecule has 3 nitrogen and oxygen atoms in total. The van der Waals surface area contributed by atoms with Gasteiger partial charge in [0.15, 0.2) is 0 Å². The first kappa shape index (κ1) is 15.7. The van der Waals surface area contributed by atoms with E-state index in [1.807, 2.05) is 48.5 Å². The highest BCUT2D eigenvalue weighted by Crippen LogP contribution is 2.22. The molecule has 0 saturated heterocycles. The van der Waals surface area contributed by atoms with Gasteiger partial charge < -0.3 is 4.90 Å². The van der Waals surface area contributed by atoms with Gasteiger partial charge in [-0.2, -0.15) is 0 Å². The van der Waals surface area contributed by atoms with Crippen LogP contribution in [0.15, 0.2) is 54.7 Å². The number of carbonyl (C=O) groups is 1. The molecule has 0 aliphatic rings. The molecule has 0 bridgehead atoms. The Morgan fingerprint density at radius 1 is 1.26 bits per heavy atom. The number of rotatable bonds is 4. The minimum atomic E-state index is -0.0533. The van der Waals surface area contributed by atoms with E-state index in [0.717, 1.165) is 25.7 Å². The van der Waals surface area contributed by atoms with Crippen LogP contribution in [-0.4, -0.2) is 22.8 Å². The lowest BCUT2D eigenvalue weighted by atomic mass is 10.1. The summed E-state index contributed by atoms with van der Waals surface area (Å²) in [6, 6.07) is 13.6. The summed E-state index contributed by atoms with van der Waals surface area (Å²) in [4.78, 5) is 19.4. The van der Waals surface area contributed by atoms with Crippen molar-refractivity contribution in [3.63, 3.8) is 0 Å². The average molecular weight is 343 g/mol. The molecule has 0 unspecified atom stereocenters. The molecule has 1 aromatic carbocycles. The van der Waals surface area contributed by atoms with Crippen LogP contribution in [0.2, 0.25) is 4.34 Å². The molecule has 2 heterocycles. The predicted octanol–water partition coefficient (Wildman–Crippen LogP) is 4.62. The van der Waals surface area contributed by atoms with Crippen molar-refractivity contribution in [1.82, 2.24) is 9.88 Å². The molecule has 1 amide bonds. The fraction of sp³-hybridized carbons (Fsp3) is 0.111. The van der Waals surface area contributed by atoms with Crippen LogP contribution >= 0.6 is 22.9 Å². The van der Waals surface area contributed by atoms with Crippen LogP contribution in [0.3, 0.4) is 0 Å². The number of benzene rings is 1. The van der Waals surface area contributed by atoms with Crippen molar-refractivity contribution in [2.24, 2.45) is 0 Å². The summed E-state index contributed by atoms with van der Waals surface area (Å²) in [5, 5.41) is 1.06. The van der Waals surface area contributed by atoms with Crippen molar-refractivity contribution in [1.29, 1.82) is 0 Å². The summed E-state index contributed by atoms with van der Waals surface area (Å²) in [6.45, 7) is 0.550. The van der Waals surface area contributed by atoms with E-state index in [2.05, 4.69) is 4.98 Å². The lowest BCUT2D eigenvalue weighted by Gasteiger charge is -2.13. The van der Waals surface area contributed by atoms with Gasteiger partial charge in [-0.3, -0.25) is 9.78 Å². The second-order valence-electron chi connectivity index (χ2n) is 5.16. The summed E-state index contributed by atoms with van der Waals surface area (Å²) in [5.74, 6) is -0.0533. The Hall–Kier alpha value is -2.17. The minimum Gasteiger partial charge on any atom is -0.337 e. The highest BCUT2D eigenvalue weighted by molar-refractivity contribution is 7.16. The van der Waals surface area contributed by atoms with Gasteiger partial charge in [-0.25, -0.2) is 0 Å². The SMILES string of the molecule is CN(Cc1ccc(Cl)s1)C(=O)/C=C/c1cccc2cccnc12. The summed E-state index contributed by atoms with van der Waals surface area (Å²) in [7, 11) is 1.78. The Morgan fingerprint density at radius 3 is 2.87 bits per heavy atom. The van der Waals surface area contributed by atoms with E-state index in [1.54, 1.807) is 24.2 Å². The summed E-state index contributed by atoms with van der Waals surface area (Å²) < 4.78 is 0.734. The van der Waals surface area contributed by atoms with E-state index < -0.39 is 0 Å². The second-order valence-corrected chi connectivity index (χ2v) is 6.96. The van der Waals surface area contributed by atoms with Gasteiger partial charge in [0.1, 0.15) is 0 Å². The van der Waals surface area contributed by atoms with E-state index >= 15 is 0 Å². The second kappa shape index (κ2) is 6.94. The number of para-hydroxylation sites is 1. The molecule has 0 N–H and O–H groups in total. The topological polar surface area (TPSA) is 33.2 Å². The fourth-order valence-electron chi connectivity index (χ4n) is 2.30. The number of nitrogens with zero attached hydrogens (tertiary/aromatic N) is 2. The van der Waals surface area contributed by atoms with E-state index in [0.29, 0.717) is 6.54 Å². The normalized spacial score (nSPS) is 11.2. The Balaban J connectivity index is 1.74. The molecule has 3 rings (SSSR count). The van der Waals surface area contributed by atoms with E-state index in [1.165, 1.54) is 11.3 Å². The molecule has 3 aromatic rings. The monoisotopic (exact) mass is 342 g/mol. The molecule has 2 aromatic heterocycles. The van der Waals surface area contributed by atoms with Crippen LogP contribution in [-0.2, 0) is 11.3 Å². The Morgan fingerprint density at radius 2 is 2.09 bits per heavy atom. The first-order chi connectivity index (χ1) is 11.1. The molecule has 0 aliphatic heterocycles. The van der Waals surface area contributed by atoms with Crippen molar-refractivity contribution in [2.45, 2.75) is 6.54 Å². The maximum atomic E-state index is 12.3. The first-order valence-corrected chi connectivity index (χ1v) is 8.34. The number of aromatic nitrogens is 1. The lowest BCUT2D eigenvalue weighted by molar-refractivity contribution is -0.125. The van der Waals surface area contributed by atoms with Gasteiger partial charge in [0.05, 0.1) is 16.4 Å². The quantitative estimate of drug-likeness (QED) is 0.648. The van der Waals surface area contributed by atoms with Crippen LogP contribution in [0.1, 0.15) is 10.4 Å². The van der Waals surface area contributed by atoms with Gasteiger partial charge in [0.2, 0.25) is 5.91 Å². The number of pyridine rings is 1. The van der Waals surface area contributed by atoms with Gasteiger partial charge >= 0.3 is 0 Å². The Bertz CT molecular complexity index is 867. The Kier molecular flexibility index (Phi) is 4.74. The molecule has 116 valence electrons. The maximum Gasteiger partial charge on any atom is 0.246 e. The number of hydrogen-bond acceptors (Lipinski definition) is 3. The lowest BCUT2D eigenvalue weighted by Crippen LogP contribution is -2.23. The van der Waals surface area contributed by atoms with Gasteiger partial charge in [-0.1, -0.05) is 35.9 Å². The molecule has 0 radical (unpaired) electrons. The fourth-order valence-corrected chi connectivity index (χ4v) is 3.44. The van der Waals surface area contributed by atoms with E-state index in [9.17, 15) is 4.79 Å². The molecule has 0 fully saturated rings. The van der Waals surface area contributed by atoms with Crippen molar-refractivity contribution >= 4 is 45.8 Å². The van der Waals surface area contributed by atoms with Crippen molar-refractivity contribution in [2.75, 3.05) is 7.05 Å². The number of halogens is 1. The van der Waals surface area contributed by atoms with Crippen LogP contribution in [0, 0.1) is 0 Å². The third-order valence-corrected chi connectivity index (χ3v) is 4.68. The zero-order chi connectivity index (χ0) is 16.2. The average Bonchev–Trinajstić information content (AvgIpc) is 2.97. The van der Waals surface area contributed by atoms with Gasteiger partial charge in [0.25, 0.3) is 0 Å². The number of thiophene rings is 1. The maximum absolute atomic E-state index is 12.3. The third kappa shape index (κ3) is 3.78. The van der Waals surface area contributed by atoms with Crippen LogP contribution in [0.4, 0.5) is 0 Å². The molecule has 0 spiro atoms. The number of carbonyl (C=O) groups excluding carboxylic acids is 1. The Labute approximate surface area is 143 Å². The standard InChI is InChI=1S/C18H15ClN2OS/c1-21(12-15-8-9-16(19)23-15)17(22)10-7-14-5-2-4-13-6-3-11-20-18(13)14/h2-11H,12H2,1H3/b10-7+. The smallest absolute Gasteiger partial charge is 0.246 e. The van der Waals surface area contributed by atoms with Crippen molar-refractivity contribution in [3.8, 4) is 0 Å². The zero-order valence-corrected chi connectivity index (χ0v) is 14.1. The molecular formula is C18H15ClN2OS. The number of amides is 1. The molecule has 23 heavy (non-hydrogen) atoms. The van der Waals surface area contributed by atoms with Crippen molar-refractivity contribution < 1.29 is 4.79 Å². The number of likely N-dealkylation sites (N-methyl/N-ethyl adjacent to an activating group) is 1. The van der Waals surface area contributed by atoms with Crippen LogP contribution < -0.4 is 0 Å². The first-order valence-electron chi connectivity index (χ1n) is 7.14. The van der Waals surface area contributed by atoms with Gasteiger partial charge in [0, 0.05) is 35.1 Å². The summed E-state index contributed by atoms with van der Waals surface area (Å²) >= 11 is 7.40. The molecule has 0 saturated carbocycles. The third-order valence-electron chi connectivity index (χ3n) is 3.47. The number of hydrogen-bond donors (Lipinski definition) is 0. The summed E-state index contributed by atoms with van der Waals surface area (Å²) in [6.07, 6.45) is 5.16. The minimum absolute atomic E-state index is 0.0533. The van der Waals surface area contributed by atoms with E-state index in [4.69, 9.17) is 11.6 Å². The number of fused-ring (bicyclic) bond motifs is 1. The highest BCUT2D eigenvalue weighted by atomic mass is 35.5. The largest absolute Gasteiger partial charge is 0.337 e. The molecule has 0 aliphatic carbocycles. The van der Waals surface area contributed by atoms with Gasteiger partial charge in [-0.15, -0.1) is 11.3 Å². The van der Waals surface area contributed by atoms with E-state index in [-0.39, 0.29) is 5.91 Å². The summed E-state index contributed by atoms with van der Waals surface area (Å²) in [5.41, 5.74) is 1.83. The zero-order valence-electron chi connectivity index (χ0n) is 12.6. The highest BCUT2D eigenvalue weighted by Gasteiger charge is 2.08. The van der Waals surface area contributed by atoms with Crippen molar-refractivity contribution in [3.05, 3.63) is 69.5 Å². The molecule has 5 heteroatoms. The molecule has 0 atom stereocenters. The van der Waals surface area contributed by atoms with Crippen LogP contribution in [0.5, 0.6) is 0 Å². The van der Waals surface area contributed by atoms with Gasteiger partial charge in [-0.05, 0) is 24.3 Å². The molecular weight excluding hydrogens is 328 g/mol. The van der Waals surface area contributed by atoms with Crippen LogP contribution in [0.25, 0.3) is 17.0 Å².